The van der Waals surface area contributed by atoms with Crippen molar-refractivity contribution in [2.75, 3.05) is 13.7 Å². The number of benzene rings is 1. The number of ether oxygens (including phenoxy) is 1. The van der Waals surface area contributed by atoms with Crippen molar-refractivity contribution >= 4 is 11.9 Å². The summed E-state index contributed by atoms with van der Waals surface area (Å²) < 4.78 is 5.15. The van der Waals surface area contributed by atoms with Crippen molar-refractivity contribution in [1.82, 2.24) is 4.90 Å². The number of nitrogens with zero attached hydrogens (tertiary/aromatic N) is 1. The van der Waals surface area contributed by atoms with Gasteiger partial charge in [0.25, 0.3) is 0 Å². The summed E-state index contributed by atoms with van der Waals surface area (Å²) in [6.07, 6.45) is 0.690. The first kappa shape index (κ1) is 16.3. The van der Waals surface area contributed by atoms with Gasteiger partial charge in [0.2, 0.25) is 5.91 Å². The molecule has 2 atom stereocenters. The average Bonchev–Trinajstić information content (AvgIpc) is 2.48. The summed E-state index contributed by atoms with van der Waals surface area (Å²) in [5.74, 6) is -0.371. The van der Waals surface area contributed by atoms with Crippen LogP contribution in [0.25, 0.3) is 0 Å². The largest absolute Gasteiger partial charge is 0.497 e. The zero-order valence-electron chi connectivity index (χ0n) is 13.3. The van der Waals surface area contributed by atoms with Gasteiger partial charge in [-0.05, 0) is 30.0 Å². The van der Waals surface area contributed by atoms with Crippen molar-refractivity contribution in [3.8, 4) is 5.75 Å². The lowest BCUT2D eigenvalue weighted by Crippen LogP contribution is -2.46. The fourth-order valence-corrected chi connectivity index (χ4v) is 3.03. The van der Waals surface area contributed by atoms with Crippen LogP contribution in [0.4, 0.5) is 0 Å². The molecule has 1 saturated heterocycles. The number of hydrogen-bond donors (Lipinski definition) is 1. The topological polar surface area (TPSA) is 66.8 Å². The van der Waals surface area contributed by atoms with E-state index >= 15 is 0 Å². The van der Waals surface area contributed by atoms with E-state index in [2.05, 4.69) is 0 Å². The normalized spacial score (nSPS) is 22.0. The summed E-state index contributed by atoms with van der Waals surface area (Å²) >= 11 is 0. The Hall–Kier alpha value is -2.04. The molecule has 1 aromatic carbocycles. The van der Waals surface area contributed by atoms with Crippen LogP contribution >= 0.6 is 0 Å². The van der Waals surface area contributed by atoms with Crippen LogP contribution in [0, 0.1) is 11.8 Å². The summed E-state index contributed by atoms with van der Waals surface area (Å²) in [6, 6.07) is 6.91. The zero-order chi connectivity index (χ0) is 16.3. The van der Waals surface area contributed by atoms with Crippen LogP contribution in [0.15, 0.2) is 24.3 Å². The molecule has 5 nitrogen and oxygen atoms in total. The van der Waals surface area contributed by atoms with E-state index in [4.69, 9.17) is 4.74 Å². The summed E-state index contributed by atoms with van der Waals surface area (Å²) in [5, 5.41) is 9.55. The molecule has 0 radical (unpaired) electrons. The highest BCUT2D eigenvalue weighted by Gasteiger charge is 2.40. The Morgan fingerprint density at radius 2 is 2.00 bits per heavy atom. The van der Waals surface area contributed by atoms with Crippen molar-refractivity contribution < 1.29 is 19.4 Å². The van der Waals surface area contributed by atoms with E-state index in [-0.39, 0.29) is 11.8 Å². The maximum atomic E-state index is 12.3. The highest BCUT2D eigenvalue weighted by Crippen LogP contribution is 2.37. The molecule has 0 aromatic heterocycles. The Morgan fingerprint density at radius 1 is 1.36 bits per heavy atom. The minimum atomic E-state index is -0.845. The van der Waals surface area contributed by atoms with Gasteiger partial charge in [0.1, 0.15) is 5.75 Å². The zero-order valence-corrected chi connectivity index (χ0v) is 13.3. The van der Waals surface area contributed by atoms with Crippen molar-refractivity contribution in [2.45, 2.75) is 32.7 Å². The molecule has 0 bridgehead atoms. The summed E-state index contributed by atoms with van der Waals surface area (Å²) in [4.78, 5) is 25.7. The van der Waals surface area contributed by atoms with Crippen LogP contribution in [-0.2, 0) is 9.59 Å². The Bertz CT molecular complexity index is 538. The number of likely N-dealkylation sites (tertiary alicyclic amines) is 1. The van der Waals surface area contributed by atoms with E-state index in [9.17, 15) is 14.7 Å². The van der Waals surface area contributed by atoms with Gasteiger partial charge in [-0.3, -0.25) is 9.59 Å². The Labute approximate surface area is 130 Å². The molecular weight excluding hydrogens is 282 g/mol. The molecule has 1 aliphatic rings. The third kappa shape index (κ3) is 3.40. The third-order valence-electron chi connectivity index (χ3n) is 4.04. The first-order valence-corrected chi connectivity index (χ1v) is 7.60. The molecular formula is C17H23NO4. The van der Waals surface area contributed by atoms with Crippen LogP contribution in [-0.4, -0.2) is 35.5 Å². The van der Waals surface area contributed by atoms with E-state index in [0.717, 1.165) is 5.56 Å². The number of amides is 1. The summed E-state index contributed by atoms with van der Waals surface area (Å²) in [7, 11) is 1.59. The predicted molar refractivity (Wildman–Crippen MR) is 82.6 cm³/mol. The smallest absolute Gasteiger partial charge is 0.308 e. The minimum absolute atomic E-state index is 0.0343. The summed E-state index contributed by atoms with van der Waals surface area (Å²) in [6.45, 7) is 4.63. The molecule has 1 heterocycles. The molecule has 2 unspecified atom stereocenters. The molecule has 2 rings (SSSR count). The maximum absolute atomic E-state index is 12.3. The number of methoxy groups -OCH3 is 1. The Kier molecular flexibility index (Phi) is 5.06. The summed E-state index contributed by atoms with van der Waals surface area (Å²) in [5.41, 5.74) is 0.849. The standard InChI is InChI=1S/C17H23NO4/c1-11(2)10-18-15(19)9-8-14(17(20)21)16(18)12-4-6-13(22-3)7-5-12/h4-7,11,14,16H,8-10H2,1-3H3,(H,20,21). The lowest BCUT2D eigenvalue weighted by Gasteiger charge is -2.40. The highest BCUT2D eigenvalue weighted by molar-refractivity contribution is 5.81. The fraction of sp³-hybridized carbons (Fsp3) is 0.529. The third-order valence-corrected chi connectivity index (χ3v) is 4.04. The monoisotopic (exact) mass is 305 g/mol. The number of aliphatic carboxylic acids is 1. The first-order chi connectivity index (χ1) is 10.4. The molecule has 0 saturated carbocycles. The number of carbonyl (C=O) groups excluding carboxylic acids is 1. The predicted octanol–water partition coefficient (Wildman–Crippen LogP) is 2.72. The SMILES string of the molecule is COc1ccc(C2C(C(=O)O)CCC(=O)N2CC(C)C)cc1. The second-order valence-electron chi connectivity index (χ2n) is 6.14. The van der Waals surface area contributed by atoms with E-state index in [1.165, 1.54) is 0 Å². The molecule has 1 fully saturated rings. The van der Waals surface area contributed by atoms with Gasteiger partial charge in [-0.1, -0.05) is 26.0 Å². The maximum Gasteiger partial charge on any atom is 0.308 e. The van der Waals surface area contributed by atoms with Gasteiger partial charge in [0, 0.05) is 13.0 Å². The molecule has 1 aliphatic heterocycles. The van der Waals surface area contributed by atoms with E-state index in [0.29, 0.717) is 25.1 Å². The molecule has 0 spiro atoms. The molecule has 0 aliphatic carbocycles. The first-order valence-electron chi connectivity index (χ1n) is 7.60. The van der Waals surface area contributed by atoms with Gasteiger partial charge in [-0.25, -0.2) is 0 Å². The van der Waals surface area contributed by atoms with Crippen LogP contribution in [0.5, 0.6) is 5.75 Å². The second-order valence-corrected chi connectivity index (χ2v) is 6.14. The quantitative estimate of drug-likeness (QED) is 0.908. The van der Waals surface area contributed by atoms with Crippen LogP contribution in [0.2, 0.25) is 0 Å². The lowest BCUT2D eigenvalue weighted by molar-refractivity contribution is -0.152. The lowest BCUT2D eigenvalue weighted by atomic mass is 9.84. The Morgan fingerprint density at radius 3 is 2.50 bits per heavy atom. The number of carboxylic acids is 1. The fourth-order valence-electron chi connectivity index (χ4n) is 3.03. The molecule has 1 aromatic rings. The van der Waals surface area contributed by atoms with Crippen molar-refractivity contribution in [1.29, 1.82) is 0 Å². The highest BCUT2D eigenvalue weighted by atomic mass is 16.5. The van der Waals surface area contributed by atoms with Crippen LogP contribution in [0.3, 0.4) is 0 Å². The van der Waals surface area contributed by atoms with Crippen molar-refractivity contribution in [3.63, 3.8) is 0 Å². The van der Waals surface area contributed by atoms with Gasteiger partial charge < -0.3 is 14.7 Å². The average molecular weight is 305 g/mol. The molecule has 22 heavy (non-hydrogen) atoms. The van der Waals surface area contributed by atoms with Gasteiger partial charge in [0.15, 0.2) is 0 Å². The van der Waals surface area contributed by atoms with Crippen LogP contribution in [0.1, 0.15) is 38.3 Å². The molecule has 5 heteroatoms. The van der Waals surface area contributed by atoms with Gasteiger partial charge in [0.05, 0.1) is 19.1 Å². The van der Waals surface area contributed by atoms with E-state index in [1.54, 1.807) is 24.1 Å². The molecule has 1 amide bonds. The number of carboxylic acid groups (broad SMARTS) is 1. The Balaban J connectivity index is 2.39. The van der Waals surface area contributed by atoms with Crippen molar-refractivity contribution in [3.05, 3.63) is 29.8 Å². The number of piperidine rings is 1. The number of carbonyl (C=O) groups is 2. The van der Waals surface area contributed by atoms with Gasteiger partial charge in [-0.15, -0.1) is 0 Å². The van der Waals surface area contributed by atoms with Crippen molar-refractivity contribution in [2.24, 2.45) is 11.8 Å². The molecule has 120 valence electrons. The van der Waals surface area contributed by atoms with Crippen LogP contribution < -0.4 is 4.74 Å². The van der Waals surface area contributed by atoms with E-state index in [1.807, 2.05) is 26.0 Å². The van der Waals surface area contributed by atoms with Gasteiger partial charge in [-0.2, -0.15) is 0 Å². The second kappa shape index (κ2) is 6.81. The number of hydrogen-bond acceptors (Lipinski definition) is 3. The van der Waals surface area contributed by atoms with E-state index < -0.39 is 17.9 Å². The number of rotatable bonds is 5. The minimum Gasteiger partial charge on any atom is -0.497 e. The van der Waals surface area contributed by atoms with Gasteiger partial charge >= 0.3 is 5.97 Å². The molecule has 1 N–H and O–H groups in total.